The zero-order valence-electron chi connectivity index (χ0n) is 13.6. The second-order valence-corrected chi connectivity index (χ2v) is 5.68. The fraction of sp³-hybridized carbons (Fsp3) is 0.375. The highest BCUT2D eigenvalue weighted by Gasteiger charge is 2.51. The minimum Gasteiger partial charge on any atom is -0.464 e. The molecule has 1 rings (SSSR count). The van der Waals surface area contributed by atoms with E-state index in [0.717, 1.165) is 0 Å². The Morgan fingerprint density at radius 3 is 2.16 bits per heavy atom. The van der Waals surface area contributed by atoms with Crippen LogP contribution in [0.4, 0.5) is 0 Å². The molecule has 1 aromatic rings. The summed E-state index contributed by atoms with van der Waals surface area (Å²) in [6, 6.07) is 4.18. The van der Waals surface area contributed by atoms with Gasteiger partial charge in [-0.2, -0.15) is 0 Å². The Morgan fingerprint density at radius 2 is 1.68 bits per heavy atom. The summed E-state index contributed by atoms with van der Waals surface area (Å²) in [6.07, 6.45) is -0.607. The van der Waals surface area contributed by atoms with Gasteiger partial charge in [0.25, 0.3) is 0 Å². The maximum absolute atomic E-state index is 12.6. The highest BCUT2D eigenvalue weighted by molar-refractivity contribution is 6.36. The number of halogens is 2. The standard InChI is InChI=1S/C16H17Cl2NO6/c1-3-24-14(22)16(19-9-20,15(23)25-4-2)8-13(21)11-7-10(17)5-6-12(11)18/h5-7,9H,3-4,8H2,1-2H3,(H,19,20). The van der Waals surface area contributed by atoms with E-state index >= 15 is 0 Å². The molecule has 0 aliphatic carbocycles. The zero-order chi connectivity index (χ0) is 19.0. The molecule has 25 heavy (non-hydrogen) atoms. The zero-order valence-corrected chi connectivity index (χ0v) is 15.1. The van der Waals surface area contributed by atoms with E-state index in [-0.39, 0.29) is 35.2 Å². The van der Waals surface area contributed by atoms with Crippen molar-refractivity contribution in [2.45, 2.75) is 25.8 Å². The molecule has 0 aromatic heterocycles. The monoisotopic (exact) mass is 389 g/mol. The number of Topliss-reactive ketones (excluding diaryl/α,β-unsaturated/α-hetero) is 1. The lowest BCUT2D eigenvalue weighted by Gasteiger charge is -2.27. The first kappa shape index (κ1) is 20.9. The fourth-order valence-corrected chi connectivity index (χ4v) is 2.45. The van der Waals surface area contributed by atoms with E-state index in [9.17, 15) is 19.2 Å². The van der Waals surface area contributed by atoms with Gasteiger partial charge in [0, 0.05) is 10.6 Å². The molecular weight excluding hydrogens is 373 g/mol. The molecule has 1 amide bonds. The highest BCUT2D eigenvalue weighted by Crippen LogP contribution is 2.25. The van der Waals surface area contributed by atoms with E-state index in [1.54, 1.807) is 0 Å². The fourth-order valence-electron chi connectivity index (χ4n) is 2.05. The summed E-state index contributed by atoms with van der Waals surface area (Å²) < 4.78 is 9.69. The van der Waals surface area contributed by atoms with Crippen molar-refractivity contribution in [1.29, 1.82) is 0 Å². The van der Waals surface area contributed by atoms with Crippen LogP contribution in [0, 0.1) is 0 Å². The molecule has 9 heteroatoms. The van der Waals surface area contributed by atoms with E-state index in [4.69, 9.17) is 32.7 Å². The van der Waals surface area contributed by atoms with Gasteiger partial charge in [0.1, 0.15) is 0 Å². The normalized spacial score (nSPS) is 10.7. The number of amides is 1. The third-order valence-electron chi connectivity index (χ3n) is 3.21. The van der Waals surface area contributed by atoms with Gasteiger partial charge in [0.05, 0.1) is 24.7 Å². The van der Waals surface area contributed by atoms with E-state index in [2.05, 4.69) is 5.32 Å². The maximum atomic E-state index is 12.6. The van der Waals surface area contributed by atoms with Crippen molar-refractivity contribution in [1.82, 2.24) is 5.32 Å². The van der Waals surface area contributed by atoms with Crippen molar-refractivity contribution in [2.24, 2.45) is 0 Å². The van der Waals surface area contributed by atoms with Crippen LogP contribution >= 0.6 is 23.2 Å². The van der Waals surface area contributed by atoms with Crippen LogP contribution in [-0.4, -0.2) is 42.9 Å². The number of hydrogen-bond acceptors (Lipinski definition) is 6. The molecule has 136 valence electrons. The van der Waals surface area contributed by atoms with Gasteiger partial charge in [-0.15, -0.1) is 0 Å². The summed E-state index contributed by atoms with van der Waals surface area (Å²) in [4.78, 5) is 48.3. The van der Waals surface area contributed by atoms with Gasteiger partial charge in [-0.05, 0) is 32.0 Å². The van der Waals surface area contributed by atoms with Gasteiger partial charge in [0.15, 0.2) is 5.78 Å². The Hall–Kier alpha value is -2.12. The molecule has 1 aromatic carbocycles. The van der Waals surface area contributed by atoms with Gasteiger partial charge >= 0.3 is 11.9 Å². The van der Waals surface area contributed by atoms with Crippen molar-refractivity contribution < 1.29 is 28.7 Å². The summed E-state index contributed by atoms with van der Waals surface area (Å²) in [5, 5.41) is 2.40. The van der Waals surface area contributed by atoms with Crippen LogP contribution in [0.5, 0.6) is 0 Å². The molecule has 1 N–H and O–H groups in total. The van der Waals surface area contributed by atoms with Crippen LogP contribution < -0.4 is 5.32 Å². The summed E-state index contributed by atoms with van der Waals surface area (Å²) in [5.41, 5.74) is -2.31. The average Bonchev–Trinajstić information content (AvgIpc) is 2.56. The third-order valence-corrected chi connectivity index (χ3v) is 3.77. The Balaban J connectivity index is 3.32. The minimum atomic E-state index is -2.31. The molecule has 0 aliphatic heterocycles. The number of rotatable bonds is 9. The molecule has 0 fully saturated rings. The van der Waals surface area contributed by atoms with Crippen LogP contribution in [0.2, 0.25) is 10.0 Å². The van der Waals surface area contributed by atoms with Crippen molar-refractivity contribution >= 4 is 47.3 Å². The predicted molar refractivity (Wildman–Crippen MR) is 90.6 cm³/mol. The van der Waals surface area contributed by atoms with Crippen LogP contribution in [0.15, 0.2) is 18.2 Å². The van der Waals surface area contributed by atoms with Crippen molar-refractivity contribution in [3.63, 3.8) is 0 Å². The van der Waals surface area contributed by atoms with E-state index in [0.29, 0.717) is 0 Å². The molecule has 7 nitrogen and oxygen atoms in total. The van der Waals surface area contributed by atoms with E-state index in [1.165, 1.54) is 32.0 Å². The third kappa shape index (κ3) is 4.93. The second-order valence-electron chi connectivity index (χ2n) is 4.83. The molecule has 0 saturated heterocycles. The topological polar surface area (TPSA) is 98.8 Å². The molecule has 0 spiro atoms. The molecule has 0 bridgehead atoms. The largest absolute Gasteiger partial charge is 0.464 e. The Morgan fingerprint density at radius 1 is 1.12 bits per heavy atom. The molecule has 0 saturated carbocycles. The average molecular weight is 390 g/mol. The number of ketones is 1. The molecule has 0 aliphatic rings. The quantitative estimate of drug-likeness (QED) is 0.300. The SMILES string of the molecule is CCOC(=O)C(CC(=O)c1cc(Cl)ccc1Cl)(NC=O)C(=O)OCC. The van der Waals surface area contributed by atoms with Crippen molar-refractivity contribution in [2.75, 3.05) is 13.2 Å². The number of carbonyl (C=O) groups is 4. The number of nitrogens with one attached hydrogen (secondary N) is 1. The first-order valence-electron chi connectivity index (χ1n) is 7.36. The number of esters is 2. The lowest BCUT2D eigenvalue weighted by molar-refractivity contribution is -0.167. The molecule has 0 heterocycles. The number of ether oxygens (including phenoxy) is 2. The number of benzene rings is 1. The molecule has 0 atom stereocenters. The van der Waals surface area contributed by atoms with Gasteiger partial charge in [-0.3, -0.25) is 9.59 Å². The van der Waals surface area contributed by atoms with Crippen LogP contribution in [0.3, 0.4) is 0 Å². The smallest absolute Gasteiger partial charge is 0.344 e. The lowest BCUT2D eigenvalue weighted by Crippen LogP contribution is -2.60. The van der Waals surface area contributed by atoms with Crippen molar-refractivity contribution in [3.8, 4) is 0 Å². The van der Waals surface area contributed by atoms with Crippen LogP contribution in [0.25, 0.3) is 0 Å². The Labute approximate surface area is 154 Å². The van der Waals surface area contributed by atoms with Crippen molar-refractivity contribution in [3.05, 3.63) is 33.8 Å². The Kier molecular flexibility index (Phi) is 7.86. The van der Waals surface area contributed by atoms with Gasteiger partial charge in [-0.25, -0.2) is 9.59 Å². The highest BCUT2D eigenvalue weighted by atomic mass is 35.5. The predicted octanol–water partition coefficient (Wildman–Crippen LogP) is 2.18. The minimum absolute atomic E-state index is 0.000150. The van der Waals surface area contributed by atoms with Crippen LogP contribution in [-0.2, 0) is 23.9 Å². The molecule has 0 unspecified atom stereocenters. The number of hydrogen-bond donors (Lipinski definition) is 1. The summed E-state index contributed by atoms with van der Waals surface area (Å²) >= 11 is 11.8. The van der Waals surface area contributed by atoms with Gasteiger partial charge < -0.3 is 14.8 Å². The second kappa shape index (κ2) is 9.39. The summed E-state index contributed by atoms with van der Waals surface area (Å²) in [5.74, 6) is -2.90. The first-order chi connectivity index (χ1) is 11.8. The Bertz CT molecular complexity index is 659. The van der Waals surface area contributed by atoms with E-state index in [1.807, 2.05) is 0 Å². The summed E-state index contributed by atoms with van der Waals surface area (Å²) in [6.45, 7) is 2.91. The van der Waals surface area contributed by atoms with Gasteiger partial charge in [-0.1, -0.05) is 23.2 Å². The maximum Gasteiger partial charge on any atom is 0.344 e. The molecule has 0 radical (unpaired) electrons. The number of carbonyl (C=O) groups excluding carboxylic acids is 4. The summed E-state index contributed by atoms with van der Waals surface area (Å²) in [7, 11) is 0. The molecular formula is C16H17Cl2NO6. The van der Waals surface area contributed by atoms with Gasteiger partial charge in [0.2, 0.25) is 11.9 Å². The van der Waals surface area contributed by atoms with E-state index < -0.39 is 29.7 Å². The first-order valence-corrected chi connectivity index (χ1v) is 8.12. The lowest BCUT2D eigenvalue weighted by atomic mass is 9.90. The van der Waals surface area contributed by atoms with Crippen LogP contribution in [0.1, 0.15) is 30.6 Å².